The monoisotopic (exact) mass is 267 g/mol. The molecule has 0 aliphatic rings. The SMILES string of the molecule is CC(N)Cc1nc2cc(Br)ccc2n1C. The van der Waals surface area contributed by atoms with Crippen LogP contribution in [-0.2, 0) is 13.5 Å². The van der Waals surface area contributed by atoms with Gasteiger partial charge in [0, 0.05) is 24.0 Å². The number of hydrogen-bond acceptors (Lipinski definition) is 2. The summed E-state index contributed by atoms with van der Waals surface area (Å²) in [7, 11) is 2.03. The third-order valence-electron chi connectivity index (χ3n) is 2.44. The van der Waals surface area contributed by atoms with E-state index in [2.05, 4.69) is 31.5 Å². The van der Waals surface area contributed by atoms with E-state index in [0.717, 1.165) is 27.8 Å². The number of rotatable bonds is 2. The zero-order valence-corrected chi connectivity index (χ0v) is 10.5. The van der Waals surface area contributed by atoms with Gasteiger partial charge in [-0.15, -0.1) is 0 Å². The normalized spacial score (nSPS) is 13.3. The summed E-state index contributed by atoms with van der Waals surface area (Å²) < 4.78 is 3.16. The second-order valence-corrected chi connectivity index (χ2v) is 4.82. The molecule has 0 spiro atoms. The second kappa shape index (κ2) is 3.94. The van der Waals surface area contributed by atoms with Gasteiger partial charge in [0.05, 0.1) is 11.0 Å². The van der Waals surface area contributed by atoms with Gasteiger partial charge in [-0.1, -0.05) is 15.9 Å². The Balaban J connectivity index is 2.54. The molecule has 2 rings (SSSR count). The van der Waals surface area contributed by atoms with Crippen LogP contribution in [0.3, 0.4) is 0 Å². The van der Waals surface area contributed by atoms with Crippen LogP contribution in [0.15, 0.2) is 22.7 Å². The molecule has 80 valence electrons. The molecule has 2 aromatic rings. The van der Waals surface area contributed by atoms with Gasteiger partial charge in [0.1, 0.15) is 5.82 Å². The first-order valence-corrected chi connectivity index (χ1v) is 5.73. The summed E-state index contributed by atoms with van der Waals surface area (Å²) in [6.45, 7) is 2.00. The van der Waals surface area contributed by atoms with Gasteiger partial charge in [-0.2, -0.15) is 0 Å². The Bertz CT molecular complexity index is 488. The maximum Gasteiger partial charge on any atom is 0.111 e. The summed E-state index contributed by atoms with van der Waals surface area (Å²) >= 11 is 3.44. The molecular formula is C11H14BrN3. The molecule has 2 N–H and O–H groups in total. The van der Waals surface area contributed by atoms with Gasteiger partial charge in [0.15, 0.2) is 0 Å². The lowest BCUT2D eigenvalue weighted by Crippen LogP contribution is -2.19. The number of aromatic nitrogens is 2. The predicted octanol–water partition coefficient (Wildman–Crippen LogP) is 2.23. The zero-order chi connectivity index (χ0) is 11.0. The third kappa shape index (κ3) is 2.06. The van der Waals surface area contributed by atoms with Crippen molar-refractivity contribution in [3.05, 3.63) is 28.5 Å². The average Bonchev–Trinajstić information content (AvgIpc) is 2.42. The summed E-state index contributed by atoms with van der Waals surface area (Å²) in [6.07, 6.45) is 0.808. The summed E-state index contributed by atoms with van der Waals surface area (Å²) in [5.41, 5.74) is 7.95. The predicted molar refractivity (Wildman–Crippen MR) is 65.8 cm³/mol. The summed E-state index contributed by atoms with van der Waals surface area (Å²) in [4.78, 5) is 4.57. The highest BCUT2D eigenvalue weighted by Gasteiger charge is 2.09. The zero-order valence-electron chi connectivity index (χ0n) is 8.87. The number of imidazole rings is 1. The fraction of sp³-hybridized carbons (Fsp3) is 0.364. The van der Waals surface area contributed by atoms with Crippen molar-refractivity contribution >= 4 is 27.0 Å². The number of hydrogen-bond donors (Lipinski definition) is 1. The van der Waals surface area contributed by atoms with Gasteiger partial charge >= 0.3 is 0 Å². The van der Waals surface area contributed by atoms with Crippen molar-refractivity contribution in [2.24, 2.45) is 12.8 Å². The van der Waals surface area contributed by atoms with Crippen LogP contribution in [0.1, 0.15) is 12.7 Å². The molecule has 0 saturated carbocycles. The first kappa shape index (κ1) is 10.6. The molecule has 1 unspecified atom stereocenters. The van der Waals surface area contributed by atoms with E-state index in [-0.39, 0.29) is 6.04 Å². The van der Waals surface area contributed by atoms with E-state index in [1.165, 1.54) is 0 Å². The van der Waals surface area contributed by atoms with Crippen LogP contribution < -0.4 is 5.73 Å². The molecule has 0 aliphatic heterocycles. The lowest BCUT2D eigenvalue weighted by atomic mass is 10.2. The van der Waals surface area contributed by atoms with Gasteiger partial charge in [-0.3, -0.25) is 0 Å². The highest BCUT2D eigenvalue weighted by Crippen LogP contribution is 2.20. The number of aryl methyl sites for hydroxylation is 1. The average molecular weight is 268 g/mol. The van der Waals surface area contributed by atoms with Crippen molar-refractivity contribution in [3.8, 4) is 0 Å². The van der Waals surface area contributed by atoms with Crippen molar-refractivity contribution in [1.29, 1.82) is 0 Å². The Hall–Kier alpha value is -0.870. The Labute approximate surface area is 97.4 Å². The van der Waals surface area contributed by atoms with Gasteiger partial charge in [0.2, 0.25) is 0 Å². The molecule has 15 heavy (non-hydrogen) atoms. The molecular weight excluding hydrogens is 254 g/mol. The topological polar surface area (TPSA) is 43.8 Å². The van der Waals surface area contributed by atoms with E-state index in [4.69, 9.17) is 5.73 Å². The van der Waals surface area contributed by atoms with Gasteiger partial charge < -0.3 is 10.3 Å². The van der Waals surface area contributed by atoms with Crippen LogP contribution in [0.4, 0.5) is 0 Å². The van der Waals surface area contributed by atoms with Crippen molar-refractivity contribution in [3.63, 3.8) is 0 Å². The molecule has 0 fully saturated rings. The van der Waals surface area contributed by atoms with E-state index in [9.17, 15) is 0 Å². The summed E-state index contributed by atoms with van der Waals surface area (Å²) in [5, 5.41) is 0. The Morgan fingerprint density at radius 2 is 2.27 bits per heavy atom. The smallest absolute Gasteiger partial charge is 0.111 e. The second-order valence-electron chi connectivity index (χ2n) is 3.90. The van der Waals surface area contributed by atoms with Crippen LogP contribution in [0, 0.1) is 0 Å². The standard InChI is InChI=1S/C11H14BrN3/c1-7(13)5-11-14-9-6-8(12)3-4-10(9)15(11)2/h3-4,6-7H,5,13H2,1-2H3. The van der Waals surface area contributed by atoms with Crippen LogP contribution in [0.25, 0.3) is 11.0 Å². The molecule has 0 aliphatic carbocycles. The highest BCUT2D eigenvalue weighted by molar-refractivity contribution is 9.10. The fourth-order valence-corrected chi connectivity index (χ4v) is 2.04. The quantitative estimate of drug-likeness (QED) is 0.907. The molecule has 0 saturated heterocycles. The largest absolute Gasteiger partial charge is 0.331 e. The van der Waals surface area contributed by atoms with Gasteiger partial charge in [-0.25, -0.2) is 4.98 Å². The van der Waals surface area contributed by atoms with Crippen LogP contribution in [-0.4, -0.2) is 15.6 Å². The Morgan fingerprint density at radius 1 is 1.53 bits per heavy atom. The molecule has 1 heterocycles. The summed E-state index contributed by atoms with van der Waals surface area (Å²) in [5.74, 6) is 1.04. The molecule has 0 bridgehead atoms. The molecule has 0 amide bonds. The first-order valence-electron chi connectivity index (χ1n) is 4.94. The van der Waals surface area contributed by atoms with Crippen LogP contribution >= 0.6 is 15.9 Å². The number of nitrogens with zero attached hydrogens (tertiary/aromatic N) is 2. The minimum atomic E-state index is 0.143. The van der Waals surface area contributed by atoms with E-state index in [1.807, 2.05) is 26.1 Å². The minimum Gasteiger partial charge on any atom is -0.331 e. The van der Waals surface area contributed by atoms with Crippen molar-refractivity contribution in [2.75, 3.05) is 0 Å². The first-order chi connectivity index (χ1) is 7.08. The number of fused-ring (bicyclic) bond motifs is 1. The van der Waals surface area contributed by atoms with Crippen molar-refractivity contribution in [1.82, 2.24) is 9.55 Å². The summed E-state index contributed by atoms with van der Waals surface area (Å²) in [6, 6.07) is 6.26. The van der Waals surface area contributed by atoms with E-state index in [1.54, 1.807) is 0 Å². The van der Waals surface area contributed by atoms with Gasteiger partial charge in [0.25, 0.3) is 0 Å². The molecule has 1 aromatic heterocycles. The maximum absolute atomic E-state index is 5.78. The van der Waals surface area contributed by atoms with E-state index in [0.29, 0.717) is 0 Å². The lowest BCUT2D eigenvalue weighted by Gasteiger charge is -2.04. The van der Waals surface area contributed by atoms with E-state index >= 15 is 0 Å². The van der Waals surface area contributed by atoms with E-state index < -0.39 is 0 Å². The van der Waals surface area contributed by atoms with Crippen molar-refractivity contribution < 1.29 is 0 Å². The highest BCUT2D eigenvalue weighted by atomic mass is 79.9. The molecule has 4 heteroatoms. The number of nitrogens with two attached hydrogens (primary N) is 1. The van der Waals surface area contributed by atoms with Crippen molar-refractivity contribution in [2.45, 2.75) is 19.4 Å². The molecule has 1 atom stereocenters. The Kier molecular flexibility index (Phi) is 2.80. The Morgan fingerprint density at radius 3 is 2.93 bits per heavy atom. The number of benzene rings is 1. The van der Waals surface area contributed by atoms with Crippen LogP contribution in [0.2, 0.25) is 0 Å². The fourth-order valence-electron chi connectivity index (χ4n) is 1.69. The molecule has 3 nitrogen and oxygen atoms in total. The third-order valence-corrected chi connectivity index (χ3v) is 2.93. The number of halogens is 1. The maximum atomic E-state index is 5.78. The minimum absolute atomic E-state index is 0.143. The lowest BCUT2D eigenvalue weighted by molar-refractivity contribution is 0.678. The molecule has 1 aromatic carbocycles. The molecule has 0 radical (unpaired) electrons. The van der Waals surface area contributed by atoms with Gasteiger partial charge in [-0.05, 0) is 25.1 Å². The van der Waals surface area contributed by atoms with Crippen LogP contribution in [0.5, 0.6) is 0 Å².